The number of nitrogens with zero attached hydrogens (tertiary/aromatic N) is 3. The molecule has 0 aliphatic heterocycles. The predicted octanol–water partition coefficient (Wildman–Crippen LogP) is 1.02. The van der Waals surface area contributed by atoms with Crippen LogP contribution in [0.5, 0.6) is 0 Å². The van der Waals surface area contributed by atoms with Crippen molar-refractivity contribution in [1.82, 2.24) is 9.97 Å². The van der Waals surface area contributed by atoms with E-state index in [1.807, 2.05) is 0 Å². The average Bonchev–Trinajstić information content (AvgIpc) is 1.94. The fourth-order valence-electron chi connectivity index (χ4n) is 0.458. The first kappa shape index (κ1) is 6.78. The maximum Gasteiger partial charge on any atom is 0.182 e. The second-order valence-corrected chi connectivity index (χ2v) is 1.79. The summed E-state index contributed by atoms with van der Waals surface area (Å²) in [4.78, 5) is 7.43. The molecule has 0 radical (unpaired) electrons. The quantitative estimate of drug-likeness (QED) is 0.485. The Labute approximate surface area is 62.5 Å². The van der Waals surface area contributed by atoms with Crippen LogP contribution in [0.25, 0.3) is 0 Å². The van der Waals surface area contributed by atoms with Crippen molar-refractivity contribution < 1.29 is 0 Å². The van der Waals surface area contributed by atoms with Gasteiger partial charge in [0.25, 0.3) is 0 Å². The summed E-state index contributed by atoms with van der Waals surface area (Å²) < 4.78 is 0. The van der Waals surface area contributed by atoms with Crippen LogP contribution >= 0.6 is 11.6 Å². The van der Waals surface area contributed by atoms with Crippen molar-refractivity contribution in [3.8, 4) is 6.19 Å². The highest BCUT2D eigenvalue weighted by Crippen LogP contribution is 2.12. The lowest BCUT2D eigenvalue weighted by Crippen LogP contribution is -1.92. The minimum absolute atomic E-state index is 0.198. The summed E-state index contributed by atoms with van der Waals surface area (Å²) in [7, 11) is 0. The Bertz CT molecular complexity index is 267. The van der Waals surface area contributed by atoms with E-state index < -0.39 is 0 Å². The van der Waals surface area contributed by atoms with Crippen LogP contribution in [0.2, 0.25) is 5.15 Å². The summed E-state index contributed by atoms with van der Waals surface area (Å²) >= 11 is 5.52. The zero-order valence-electron chi connectivity index (χ0n) is 4.87. The van der Waals surface area contributed by atoms with Gasteiger partial charge in [0, 0.05) is 12.4 Å². The smallest absolute Gasteiger partial charge is 0.182 e. The average molecular weight is 155 g/mol. The van der Waals surface area contributed by atoms with Gasteiger partial charge in [-0.1, -0.05) is 11.6 Å². The Balaban J connectivity index is 2.94. The minimum atomic E-state index is 0.198. The predicted molar refractivity (Wildman–Crippen MR) is 36.3 cm³/mol. The molecule has 1 rings (SSSR count). The monoisotopic (exact) mass is 154 g/mol. The van der Waals surface area contributed by atoms with Gasteiger partial charge in [0.15, 0.2) is 17.2 Å². The number of hydrogen-bond acceptors (Lipinski definition) is 4. The molecule has 0 amide bonds. The van der Waals surface area contributed by atoms with E-state index in [4.69, 9.17) is 16.9 Å². The molecule has 0 atom stereocenters. The fraction of sp³-hybridized carbons (Fsp3) is 0. The first-order valence-electron chi connectivity index (χ1n) is 2.46. The van der Waals surface area contributed by atoms with Gasteiger partial charge in [-0.15, -0.1) is 0 Å². The van der Waals surface area contributed by atoms with Gasteiger partial charge in [-0.25, -0.2) is 9.97 Å². The van der Waals surface area contributed by atoms with Crippen LogP contribution in [0, 0.1) is 11.5 Å². The Morgan fingerprint density at radius 2 is 2.20 bits per heavy atom. The molecule has 1 heterocycles. The molecule has 0 saturated carbocycles. The van der Waals surface area contributed by atoms with Gasteiger partial charge < -0.3 is 0 Å². The Hall–Kier alpha value is -1.34. The Morgan fingerprint density at radius 3 is 2.80 bits per heavy atom. The van der Waals surface area contributed by atoms with Gasteiger partial charge in [-0.3, -0.25) is 5.32 Å². The van der Waals surface area contributed by atoms with Gasteiger partial charge in [-0.05, 0) is 0 Å². The van der Waals surface area contributed by atoms with E-state index in [1.165, 1.54) is 12.4 Å². The van der Waals surface area contributed by atoms with E-state index in [0.717, 1.165) is 0 Å². The maximum absolute atomic E-state index is 8.16. The minimum Gasteiger partial charge on any atom is -0.274 e. The molecule has 50 valence electrons. The first-order valence-corrected chi connectivity index (χ1v) is 2.84. The molecule has 0 aliphatic rings. The van der Waals surface area contributed by atoms with E-state index in [-0.39, 0.29) is 11.0 Å². The highest BCUT2D eigenvalue weighted by atomic mass is 35.5. The van der Waals surface area contributed by atoms with E-state index in [9.17, 15) is 0 Å². The zero-order valence-corrected chi connectivity index (χ0v) is 5.63. The van der Waals surface area contributed by atoms with E-state index in [1.54, 1.807) is 6.19 Å². The summed E-state index contributed by atoms with van der Waals surface area (Å²) in [6.07, 6.45) is 4.59. The maximum atomic E-state index is 8.16. The topological polar surface area (TPSA) is 61.6 Å². The van der Waals surface area contributed by atoms with Crippen molar-refractivity contribution in [3.63, 3.8) is 0 Å². The molecule has 0 saturated heterocycles. The molecule has 1 aromatic rings. The van der Waals surface area contributed by atoms with Gasteiger partial charge in [0.1, 0.15) is 0 Å². The lowest BCUT2D eigenvalue weighted by molar-refractivity contribution is 1.20. The van der Waals surface area contributed by atoms with Crippen molar-refractivity contribution in [1.29, 1.82) is 5.26 Å². The molecule has 0 bridgehead atoms. The lowest BCUT2D eigenvalue weighted by Gasteiger charge is -1.94. The second-order valence-electron chi connectivity index (χ2n) is 1.43. The molecule has 4 nitrogen and oxygen atoms in total. The normalized spacial score (nSPS) is 8.40. The number of aromatic nitrogens is 2. The summed E-state index contributed by atoms with van der Waals surface area (Å²) in [5, 5.41) is 10.6. The molecule has 0 spiro atoms. The molecule has 0 aliphatic carbocycles. The lowest BCUT2D eigenvalue weighted by atomic mass is 10.7. The summed E-state index contributed by atoms with van der Waals surface area (Å²) in [5.74, 6) is 0.284. The fourth-order valence-corrected chi connectivity index (χ4v) is 0.610. The molecular weight excluding hydrogens is 152 g/mol. The Kier molecular flexibility index (Phi) is 2.03. The third-order valence-corrected chi connectivity index (χ3v) is 1.10. The molecule has 5 heteroatoms. The van der Waals surface area contributed by atoms with Crippen molar-refractivity contribution in [3.05, 3.63) is 17.5 Å². The number of rotatable bonds is 1. The standard InChI is InChI=1S/C5H3ClN4/c6-4-5(10-3-7)9-2-1-8-4/h1-2H,(H,9,10). The van der Waals surface area contributed by atoms with Gasteiger partial charge in [-0.2, -0.15) is 5.26 Å². The highest BCUT2D eigenvalue weighted by molar-refractivity contribution is 6.31. The van der Waals surface area contributed by atoms with E-state index in [2.05, 4.69) is 15.3 Å². The summed E-state index contributed by atoms with van der Waals surface area (Å²) in [6.45, 7) is 0. The van der Waals surface area contributed by atoms with Crippen LogP contribution in [0.1, 0.15) is 0 Å². The van der Waals surface area contributed by atoms with E-state index in [0.29, 0.717) is 0 Å². The van der Waals surface area contributed by atoms with Crippen LogP contribution < -0.4 is 5.32 Å². The van der Waals surface area contributed by atoms with E-state index >= 15 is 0 Å². The van der Waals surface area contributed by atoms with Crippen molar-refractivity contribution >= 4 is 17.4 Å². The summed E-state index contributed by atoms with van der Waals surface area (Å²) in [5.41, 5.74) is 0. The van der Waals surface area contributed by atoms with Crippen molar-refractivity contribution in [2.24, 2.45) is 0 Å². The Morgan fingerprint density at radius 1 is 1.50 bits per heavy atom. The second kappa shape index (κ2) is 2.99. The van der Waals surface area contributed by atoms with Crippen molar-refractivity contribution in [2.75, 3.05) is 5.32 Å². The number of hydrogen-bond donors (Lipinski definition) is 1. The van der Waals surface area contributed by atoms with Gasteiger partial charge in [0.2, 0.25) is 0 Å². The highest BCUT2D eigenvalue weighted by Gasteiger charge is 1.97. The van der Waals surface area contributed by atoms with Gasteiger partial charge in [0.05, 0.1) is 0 Å². The summed E-state index contributed by atoms with van der Waals surface area (Å²) in [6, 6.07) is 0. The van der Waals surface area contributed by atoms with Crippen LogP contribution in [0.4, 0.5) is 5.82 Å². The number of halogens is 1. The third-order valence-electron chi connectivity index (χ3n) is 0.828. The molecule has 0 fully saturated rings. The van der Waals surface area contributed by atoms with Crippen LogP contribution in [-0.2, 0) is 0 Å². The molecular formula is C5H3ClN4. The largest absolute Gasteiger partial charge is 0.274 e. The van der Waals surface area contributed by atoms with Crippen molar-refractivity contribution in [2.45, 2.75) is 0 Å². The number of anilines is 1. The molecule has 0 aromatic carbocycles. The molecule has 1 N–H and O–H groups in total. The van der Waals surface area contributed by atoms with Gasteiger partial charge >= 0.3 is 0 Å². The molecule has 1 aromatic heterocycles. The molecule has 0 unspecified atom stereocenters. The number of nitriles is 1. The number of nitrogens with one attached hydrogen (secondary N) is 1. The first-order chi connectivity index (χ1) is 4.84. The van der Waals surface area contributed by atoms with Crippen LogP contribution in [0.3, 0.4) is 0 Å². The zero-order chi connectivity index (χ0) is 7.40. The van der Waals surface area contributed by atoms with Crippen LogP contribution in [0.15, 0.2) is 12.4 Å². The SMILES string of the molecule is N#CNc1nccnc1Cl. The molecule has 10 heavy (non-hydrogen) atoms. The third kappa shape index (κ3) is 1.33. The van der Waals surface area contributed by atoms with Crippen LogP contribution in [-0.4, -0.2) is 9.97 Å².